The first-order valence-corrected chi connectivity index (χ1v) is 39.9. The topological polar surface area (TPSA) is 0 Å². The van der Waals surface area contributed by atoms with Crippen LogP contribution in [0.5, 0.6) is 0 Å². The fourth-order valence-electron chi connectivity index (χ4n) is 10.8. The van der Waals surface area contributed by atoms with Crippen molar-refractivity contribution in [2.45, 2.75) is 215 Å². The van der Waals surface area contributed by atoms with Crippen molar-refractivity contribution < 1.29 is 26.3 Å². The molecule has 0 radical (unpaired) electrons. The zero-order valence-corrected chi connectivity index (χ0v) is 70.8. The Kier molecular flexibility index (Phi) is 67.8. The van der Waals surface area contributed by atoms with Crippen molar-refractivity contribution in [1.29, 1.82) is 0 Å². The number of fused-ring (bicyclic) bond motifs is 3. The van der Waals surface area contributed by atoms with Crippen LogP contribution < -0.4 is 0 Å². The fraction of sp³-hybridized carbons (Fsp3) is 0.308. The highest BCUT2D eigenvalue weighted by molar-refractivity contribution is 5.86. The standard InChI is InChI=1S/C25H18.C15H10F6.C15H16.C13H12.2C6H6.C3H8.10C2H6.CH4/c1-3-11-19(12-4-1)25(20-13-5-2-6-14-20)23-17-9-7-15-21(23)22-16-8-10-18-24(22)25;16-14(17,18)13(15(19,20)21,11-7-3-1-4-8-11)12-9-5-2-6-10-12;1-15(2,13-9-5-3-6-10-13)14-11-7-4-8-12-14;1-3-7-12(8-4-1)11-13-9-5-2-6-10-13;2*1-2-4-6-5-3-1;1-3-2;10*1-2;/h1-18H;1-10H;3-12H,1-2H3;1-10H,11H2;2*1-6H;3H2,1-2H3;10*1-2H3;1H4. The minimum absolute atomic E-state index is 0. The van der Waals surface area contributed by atoms with E-state index in [4.69, 9.17) is 0 Å². The molecule has 598 valence electrons. The van der Waals surface area contributed by atoms with Gasteiger partial charge in [-0.15, -0.1) is 0 Å². The summed E-state index contributed by atoms with van der Waals surface area (Å²) in [6, 6.07) is 117. The summed E-state index contributed by atoms with van der Waals surface area (Å²) in [7, 11) is 0. The zero-order chi connectivity index (χ0) is 83.3. The molecule has 12 aromatic rings. The largest absolute Gasteiger partial charge is 0.411 e. The van der Waals surface area contributed by atoms with E-state index in [1.165, 1.54) is 74.2 Å². The summed E-state index contributed by atoms with van der Waals surface area (Å²) in [5.74, 6) is 0. The molecule has 0 N–H and O–H groups in total. The van der Waals surface area contributed by atoms with E-state index in [2.05, 4.69) is 258 Å². The highest BCUT2D eigenvalue weighted by atomic mass is 19.4. The van der Waals surface area contributed by atoms with Gasteiger partial charge in [0.1, 0.15) is 0 Å². The summed E-state index contributed by atoms with van der Waals surface area (Å²) in [6.07, 6.45) is -8.76. The van der Waals surface area contributed by atoms with Crippen molar-refractivity contribution in [3.63, 3.8) is 0 Å². The van der Waals surface area contributed by atoms with Gasteiger partial charge in [0, 0.05) is 5.41 Å². The van der Waals surface area contributed by atoms with E-state index in [1.54, 1.807) is 0 Å². The molecule has 0 heterocycles. The lowest BCUT2D eigenvalue weighted by molar-refractivity contribution is -0.288. The third-order valence-corrected chi connectivity index (χ3v) is 15.0. The molecular formula is C104H140F6. The van der Waals surface area contributed by atoms with Gasteiger partial charge in [0.05, 0.1) is 5.41 Å². The maximum Gasteiger partial charge on any atom is 0.411 e. The quantitative estimate of drug-likeness (QED) is 0.133. The maximum atomic E-state index is 13.5. The van der Waals surface area contributed by atoms with Crippen molar-refractivity contribution in [2.75, 3.05) is 0 Å². The molecule has 0 saturated carbocycles. The van der Waals surface area contributed by atoms with Gasteiger partial charge in [-0.3, -0.25) is 0 Å². The van der Waals surface area contributed by atoms with Crippen LogP contribution in [0, 0.1) is 0 Å². The van der Waals surface area contributed by atoms with Crippen LogP contribution in [-0.2, 0) is 22.7 Å². The molecule has 6 heteroatoms. The Labute approximate surface area is 668 Å². The predicted octanol–water partition coefficient (Wildman–Crippen LogP) is 34.1. The molecule has 0 unspecified atom stereocenters. The molecule has 1 aliphatic rings. The second-order valence-corrected chi connectivity index (χ2v) is 21.6. The predicted molar refractivity (Wildman–Crippen MR) is 479 cm³/mol. The third kappa shape index (κ3) is 35.3. The van der Waals surface area contributed by atoms with Crippen LogP contribution in [0.15, 0.2) is 364 Å². The number of benzene rings is 12. The first-order chi connectivity index (χ1) is 53.2. The minimum Gasteiger partial charge on any atom is -0.169 e. The van der Waals surface area contributed by atoms with Gasteiger partial charge < -0.3 is 0 Å². The van der Waals surface area contributed by atoms with Crippen molar-refractivity contribution in [2.24, 2.45) is 0 Å². The number of rotatable bonds is 8. The van der Waals surface area contributed by atoms with Gasteiger partial charge in [0.25, 0.3) is 0 Å². The van der Waals surface area contributed by atoms with Crippen LogP contribution in [0.2, 0.25) is 0 Å². The smallest absolute Gasteiger partial charge is 0.169 e. The van der Waals surface area contributed by atoms with E-state index in [9.17, 15) is 26.3 Å². The van der Waals surface area contributed by atoms with Crippen LogP contribution in [-0.4, -0.2) is 12.4 Å². The fourth-order valence-corrected chi connectivity index (χ4v) is 10.8. The molecular weight excluding hydrogens is 1360 g/mol. The molecule has 1 aliphatic carbocycles. The molecule has 110 heavy (non-hydrogen) atoms. The molecule has 13 rings (SSSR count). The summed E-state index contributed by atoms with van der Waals surface area (Å²) in [6.45, 7) is 48.8. The van der Waals surface area contributed by atoms with Gasteiger partial charge in [0.2, 0.25) is 5.41 Å². The van der Waals surface area contributed by atoms with Crippen LogP contribution in [0.3, 0.4) is 0 Å². The Hall–Kier alpha value is -9.78. The van der Waals surface area contributed by atoms with E-state index < -0.39 is 28.9 Å². The molecule has 0 nitrogen and oxygen atoms in total. The van der Waals surface area contributed by atoms with Gasteiger partial charge in [0.15, 0.2) is 0 Å². The Balaban J connectivity index is -0.000000395. The summed E-state index contributed by atoms with van der Waals surface area (Å²) in [5, 5.41) is 0. The summed E-state index contributed by atoms with van der Waals surface area (Å²) in [5.41, 5.74) is 7.60. The van der Waals surface area contributed by atoms with Crippen LogP contribution in [0.25, 0.3) is 11.1 Å². The van der Waals surface area contributed by atoms with Crippen molar-refractivity contribution in [1.82, 2.24) is 0 Å². The lowest BCUT2D eigenvalue weighted by Gasteiger charge is -2.38. The van der Waals surface area contributed by atoms with Crippen molar-refractivity contribution in [3.8, 4) is 11.1 Å². The van der Waals surface area contributed by atoms with Gasteiger partial charge in [-0.25, -0.2) is 0 Å². The summed E-state index contributed by atoms with van der Waals surface area (Å²) in [4.78, 5) is 0. The van der Waals surface area contributed by atoms with Crippen LogP contribution in [0.4, 0.5) is 26.3 Å². The van der Waals surface area contributed by atoms with Gasteiger partial charge >= 0.3 is 12.4 Å². The molecule has 0 saturated heterocycles. The highest BCUT2D eigenvalue weighted by Crippen LogP contribution is 2.57. The van der Waals surface area contributed by atoms with E-state index in [1.807, 2.05) is 211 Å². The highest BCUT2D eigenvalue weighted by Gasteiger charge is 2.72. The van der Waals surface area contributed by atoms with Crippen LogP contribution in [0.1, 0.15) is 236 Å². The molecule has 0 aliphatic heterocycles. The second kappa shape index (κ2) is 68.5. The van der Waals surface area contributed by atoms with E-state index in [0.717, 1.165) is 55.0 Å². The lowest BCUT2D eigenvalue weighted by Crippen LogP contribution is -2.54. The maximum absolute atomic E-state index is 13.5. The number of hydrogen-bond acceptors (Lipinski definition) is 0. The zero-order valence-electron chi connectivity index (χ0n) is 70.8. The first kappa shape index (κ1) is 109. The van der Waals surface area contributed by atoms with Gasteiger partial charge in [-0.1, -0.05) is 544 Å². The van der Waals surface area contributed by atoms with E-state index in [0.29, 0.717) is 0 Å². The average molecular weight is 1500 g/mol. The number of halogens is 6. The normalized spacial score (nSPS) is 9.98. The number of alkyl halides is 6. The Morgan fingerprint density at radius 1 is 0.227 bits per heavy atom. The minimum atomic E-state index is -5.52. The molecule has 0 aromatic heterocycles. The molecule has 12 aromatic carbocycles. The molecule has 0 amide bonds. The monoisotopic (exact) mass is 1500 g/mol. The summed E-state index contributed by atoms with van der Waals surface area (Å²) >= 11 is 0. The van der Waals surface area contributed by atoms with E-state index >= 15 is 0 Å². The third-order valence-electron chi connectivity index (χ3n) is 15.0. The van der Waals surface area contributed by atoms with Crippen molar-refractivity contribution >= 4 is 0 Å². The lowest BCUT2D eigenvalue weighted by atomic mass is 9.68. The van der Waals surface area contributed by atoms with Crippen molar-refractivity contribution in [3.05, 3.63) is 420 Å². The SMILES string of the molecule is C.CC.CC.CC.CC.CC.CC.CC.CC.CC.CC.CC(C)(c1ccccc1)c1ccccc1.CCC.FC(F)(F)C(c1ccccc1)(c1ccccc1)C(F)(F)F.c1ccc(C2(c3ccccc3)c3ccccc3-c3ccccc32)cc1.c1ccc(Cc2ccccc2)cc1.c1ccccc1.c1ccccc1. The Morgan fingerprint density at radius 3 is 0.600 bits per heavy atom. The van der Waals surface area contributed by atoms with Gasteiger partial charge in [-0.2, -0.15) is 26.3 Å². The second-order valence-electron chi connectivity index (χ2n) is 21.6. The van der Waals surface area contributed by atoms with E-state index in [-0.39, 0.29) is 18.3 Å². The molecule has 0 atom stereocenters. The van der Waals surface area contributed by atoms with Crippen LogP contribution >= 0.6 is 0 Å². The van der Waals surface area contributed by atoms with Gasteiger partial charge in [-0.05, 0) is 73.2 Å². The number of hydrogen-bond donors (Lipinski definition) is 0. The Bertz CT molecular complexity index is 3500. The summed E-state index contributed by atoms with van der Waals surface area (Å²) < 4.78 is 81.1. The Morgan fingerprint density at radius 2 is 0.391 bits per heavy atom. The molecule has 0 spiro atoms. The molecule has 0 bridgehead atoms. The molecule has 0 fully saturated rings. The average Bonchev–Trinajstić information content (AvgIpc) is 1.43. The first-order valence-electron chi connectivity index (χ1n) is 39.9.